The van der Waals surface area contributed by atoms with Crippen LogP contribution in [0.5, 0.6) is 0 Å². The first kappa shape index (κ1) is 33.0. The summed E-state index contributed by atoms with van der Waals surface area (Å²) >= 11 is 0. The van der Waals surface area contributed by atoms with E-state index >= 15 is 0 Å². The molecule has 0 spiro atoms. The van der Waals surface area contributed by atoms with Crippen molar-refractivity contribution in [2.45, 2.75) is 65.0 Å². The number of nitrogens with zero attached hydrogens (tertiary/aromatic N) is 2. The number of aryl methyl sites for hydroxylation is 1. The van der Waals surface area contributed by atoms with Crippen molar-refractivity contribution in [2.75, 3.05) is 58.0 Å². The Hall–Kier alpha value is -3.55. The molecule has 1 aliphatic heterocycles. The summed E-state index contributed by atoms with van der Waals surface area (Å²) in [5, 5.41) is 13.8. The monoisotopic (exact) mass is 589 g/mol. The largest absolute Gasteiger partial charge is 0.444 e. The van der Waals surface area contributed by atoms with E-state index in [1.54, 1.807) is 6.92 Å². The van der Waals surface area contributed by atoms with Gasteiger partial charge in [-0.25, -0.2) is 9.48 Å². The van der Waals surface area contributed by atoms with Crippen LogP contribution in [-0.2, 0) is 28.5 Å². The van der Waals surface area contributed by atoms with Crippen LogP contribution in [0.4, 0.5) is 10.5 Å². The summed E-state index contributed by atoms with van der Waals surface area (Å²) in [6.45, 7) is 11.2. The van der Waals surface area contributed by atoms with E-state index in [0.717, 1.165) is 0 Å². The number of carbonyl (C=O) groups excluding carboxylic acids is 3. The number of anilines is 1. The Morgan fingerprint density at radius 1 is 1.00 bits per heavy atom. The van der Waals surface area contributed by atoms with E-state index in [1.165, 1.54) is 4.68 Å². The molecule has 1 aromatic carbocycles. The highest BCUT2D eigenvalue weighted by atomic mass is 16.6. The Morgan fingerprint density at radius 3 is 2.29 bits per heavy atom. The fourth-order valence-electron chi connectivity index (χ4n) is 4.35. The summed E-state index contributed by atoms with van der Waals surface area (Å²) in [6, 6.07) is 4.69. The molecule has 1 atom stereocenters. The van der Waals surface area contributed by atoms with Crippen LogP contribution in [0.3, 0.4) is 0 Å². The van der Waals surface area contributed by atoms with Gasteiger partial charge in [0.05, 0.1) is 37.5 Å². The summed E-state index contributed by atoms with van der Waals surface area (Å²) in [5.41, 5.74) is 0.403. The first-order valence-electron chi connectivity index (χ1n) is 14.4. The summed E-state index contributed by atoms with van der Waals surface area (Å²) < 4.78 is 23.0. The van der Waals surface area contributed by atoms with Gasteiger partial charge in [0.1, 0.15) is 11.6 Å². The number of nitrogens with one attached hydrogen (secondary N) is 3. The Kier molecular flexibility index (Phi) is 12.7. The van der Waals surface area contributed by atoms with Gasteiger partial charge in [0.25, 0.3) is 11.5 Å². The third-order valence-electron chi connectivity index (χ3n) is 6.30. The van der Waals surface area contributed by atoms with Gasteiger partial charge in [-0.05, 0) is 53.0 Å². The molecule has 232 valence electrons. The molecule has 13 nitrogen and oxygen atoms in total. The van der Waals surface area contributed by atoms with Crippen LogP contribution < -0.4 is 21.5 Å². The zero-order chi connectivity index (χ0) is 30.5. The average Bonchev–Trinajstić information content (AvgIpc) is 2.92. The summed E-state index contributed by atoms with van der Waals surface area (Å²) in [5.74, 6) is -0.853. The molecule has 1 aliphatic rings. The van der Waals surface area contributed by atoms with Gasteiger partial charge in [-0.1, -0.05) is 12.1 Å². The lowest BCUT2D eigenvalue weighted by Gasteiger charge is -2.23. The van der Waals surface area contributed by atoms with Crippen LogP contribution in [-0.4, -0.2) is 86.0 Å². The maximum Gasteiger partial charge on any atom is 0.407 e. The standard InChI is InChI=1S/C29H43N5O8/c1-20-21-8-5-9-22(25(21)27(37)34(33-20)23-10-11-24(35)32-26(23)36)30-12-6-14-39-16-18-41-19-17-40-15-7-13-31-28(38)42-29(2,3)4/h5,8-9,23,30H,6-7,10-19H2,1-4H3,(H,31,38)(H,32,35,36). The van der Waals surface area contributed by atoms with E-state index in [2.05, 4.69) is 21.0 Å². The summed E-state index contributed by atoms with van der Waals surface area (Å²) in [4.78, 5) is 48.8. The van der Waals surface area contributed by atoms with Gasteiger partial charge >= 0.3 is 6.09 Å². The van der Waals surface area contributed by atoms with Gasteiger partial charge in [-0.2, -0.15) is 5.10 Å². The van der Waals surface area contributed by atoms with Gasteiger partial charge in [-0.15, -0.1) is 0 Å². The summed E-state index contributed by atoms with van der Waals surface area (Å²) in [6.07, 6.45) is 1.36. The second-order valence-corrected chi connectivity index (χ2v) is 10.9. The van der Waals surface area contributed by atoms with E-state index in [9.17, 15) is 19.2 Å². The van der Waals surface area contributed by atoms with Gasteiger partial charge in [0.2, 0.25) is 5.91 Å². The number of carbonyl (C=O) groups is 3. The predicted molar refractivity (Wildman–Crippen MR) is 157 cm³/mol. The zero-order valence-electron chi connectivity index (χ0n) is 25.0. The first-order chi connectivity index (χ1) is 20.1. The second-order valence-electron chi connectivity index (χ2n) is 10.9. The van der Waals surface area contributed by atoms with Crippen molar-refractivity contribution >= 4 is 34.4 Å². The lowest BCUT2D eigenvalue weighted by molar-refractivity contribution is -0.136. The van der Waals surface area contributed by atoms with Crippen LogP contribution in [0.1, 0.15) is 58.2 Å². The Balaban J connectivity index is 1.30. The average molecular weight is 590 g/mol. The van der Waals surface area contributed by atoms with Crippen molar-refractivity contribution in [3.8, 4) is 0 Å². The first-order valence-corrected chi connectivity index (χ1v) is 14.4. The SMILES string of the molecule is Cc1nn(C2CCC(=O)NC2=O)c(=O)c2c(NCCCOCCOCCOCCCNC(=O)OC(C)(C)C)cccc12. The third kappa shape index (κ3) is 10.4. The fourth-order valence-corrected chi connectivity index (χ4v) is 4.35. The molecule has 42 heavy (non-hydrogen) atoms. The number of amides is 3. The zero-order valence-corrected chi connectivity index (χ0v) is 25.0. The minimum atomic E-state index is -0.818. The quantitative estimate of drug-likeness (QED) is 0.196. The molecule has 13 heteroatoms. The molecule has 0 bridgehead atoms. The maximum atomic E-state index is 13.4. The Morgan fingerprint density at radius 2 is 1.64 bits per heavy atom. The van der Waals surface area contributed by atoms with Crippen LogP contribution >= 0.6 is 0 Å². The molecule has 0 saturated carbocycles. The fraction of sp³-hybridized carbons (Fsp3) is 0.621. The lowest BCUT2D eigenvalue weighted by Crippen LogP contribution is -2.45. The smallest absolute Gasteiger partial charge is 0.407 e. The summed E-state index contributed by atoms with van der Waals surface area (Å²) in [7, 11) is 0. The van der Waals surface area contributed by atoms with Gasteiger partial charge in [0.15, 0.2) is 0 Å². The topological polar surface area (TPSA) is 159 Å². The molecule has 0 aliphatic carbocycles. The molecule has 2 heterocycles. The van der Waals surface area contributed by atoms with Gasteiger partial charge in [-0.3, -0.25) is 19.7 Å². The molecule has 3 N–H and O–H groups in total. The molecule has 1 fully saturated rings. The number of piperidine rings is 1. The molecular formula is C29H43N5O8. The molecule has 1 aromatic heterocycles. The highest BCUT2D eigenvalue weighted by Gasteiger charge is 2.30. The van der Waals surface area contributed by atoms with Crippen LogP contribution in [0.25, 0.3) is 10.8 Å². The maximum absolute atomic E-state index is 13.4. The van der Waals surface area contributed by atoms with Crippen molar-refractivity contribution in [1.29, 1.82) is 0 Å². The van der Waals surface area contributed by atoms with E-state index in [4.69, 9.17) is 18.9 Å². The number of alkyl carbamates (subject to hydrolysis) is 1. The number of benzene rings is 1. The van der Waals surface area contributed by atoms with Gasteiger partial charge < -0.3 is 29.6 Å². The highest BCUT2D eigenvalue weighted by molar-refractivity contribution is 6.00. The number of rotatable bonds is 16. The van der Waals surface area contributed by atoms with E-state index < -0.39 is 23.6 Å². The van der Waals surface area contributed by atoms with E-state index in [0.29, 0.717) is 87.7 Å². The van der Waals surface area contributed by atoms with Crippen molar-refractivity contribution < 1.29 is 33.3 Å². The van der Waals surface area contributed by atoms with Gasteiger partial charge in [0, 0.05) is 43.8 Å². The third-order valence-corrected chi connectivity index (χ3v) is 6.30. The molecule has 1 unspecified atom stereocenters. The molecule has 1 saturated heterocycles. The van der Waals surface area contributed by atoms with Crippen LogP contribution in [0.15, 0.2) is 23.0 Å². The number of ether oxygens (including phenoxy) is 4. The minimum absolute atomic E-state index is 0.164. The van der Waals surface area contributed by atoms with Crippen LogP contribution in [0.2, 0.25) is 0 Å². The number of aromatic nitrogens is 2. The molecule has 3 rings (SSSR count). The Bertz CT molecular complexity index is 1270. The lowest BCUT2D eigenvalue weighted by atomic mass is 10.1. The van der Waals surface area contributed by atoms with Crippen molar-refractivity contribution in [3.05, 3.63) is 34.2 Å². The molecule has 3 amide bonds. The van der Waals surface area contributed by atoms with Crippen molar-refractivity contribution in [1.82, 2.24) is 20.4 Å². The van der Waals surface area contributed by atoms with Crippen LogP contribution in [0, 0.1) is 6.92 Å². The number of hydrogen-bond acceptors (Lipinski definition) is 10. The Labute approximate surface area is 245 Å². The van der Waals surface area contributed by atoms with Crippen molar-refractivity contribution in [3.63, 3.8) is 0 Å². The van der Waals surface area contributed by atoms with Crippen molar-refractivity contribution in [2.24, 2.45) is 0 Å². The number of hydrogen-bond donors (Lipinski definition) is 3. The molecule has 2 aromatic rings. The molecular weight excluding hydrogens is 546 g/mol. The van der Waals surface area contributed by atoms with E-state index in [-0.39, 0.29) is 24.3 Å². The number of imide groups is 1. The second kappa shape index (κ2) is 16.2. The normalized spacial score (nSPS) is 15.5. The predicted octanol–water partition coefficient (Wildman–Crippen LogP) is 2.45. The molecule has 0 radical (unpaired) electrons. The van der Waals surface area contributed by atoms with E-state index in [1.807, 2.05) is 39.0 Å². The highest BCUT2D eigenvalue weighted by Crippen LogP contribution is 2.24. The minimum Gasteiger partial charge on any atom is -0.444 e. The number of fused-ring (bicyclic) bond motifs is 1.